The zero-order valence-corrected chi connectivity index (χ0v) is 13.9. The van der Waals surface area contributed by atoms with Crippen LogP contribution in [0.25, 0.3) is 10.8 Å². The van der Waals surface area contributed by atoms with E-state index in [-0.39, 0.29) is 11.9 Å². The fraction of sp³-hybridized carbons (Fsp3) is 0.444. The van der Waals surface area contributed by atoms with Crippen LogP contribution >= 0.6 is 0 Å². The van der Waals surface area contributed by atoms with E-state index < -0.39 is 0 Å². The largest absolute Gasteiger partial charge is 0.469 e. The number of ether oxygens (including phenoxy) is 1. The number of aryl methyl sites for hydroxylation is 1. The van der Waals surface area contributed by atoms with Crippen molar-refractivity contribution in [3.63, 3.8) is 0 Å². The van der Waals surface area contributed by atoms with Gasteiger partial charge in [0, 0.05) is 30.9 Å². The summed E-state index contributed by atoms with van der Waals surface area (Å²) >= 11 is 0. The van der Waals surface area contributed by atoms with Crippen LogP contribution in [0.3, 0.4) is 0 Å². The standard InChI is InChI=1S/C18H23N3O2/c1-12-16(19-2)14-8-4-5-9-15(14)17(20-12)21-10-6-7-13(11-21)18(22)23-3/h4-5,8-9,13,19H,6-7,10-11H2,1-3H3. The number of fused-ring (bicyclic) bond motifs is 1. The first-order valence-electron chi connectivity index (χ1n) is 8.05. The average Bonchev–Trinajstić information content (AvgIpc) is 2.60. The minimum Gasteiger partial charge on any atom is -0.469 e. The molecule has 5 nitrogen and oxygen atoms in total. The zero-order chi connectivity index (χ0) is 16.4. The van der Waals surface area contributed by atoms with Crippen LogP contribution in [0.5, 0.6) is 0 Å². The number of anilines is 2. The Balaban J connectivity index is 2.04. The predicted octanol–water partition coefficient (Wildman–Crippen LogP) is 2.97. The summed E-state index contributed by atoms with van der Waals surface area (Å²) in [5, 5.41) is 5.53. The van der Waals surface area contributed by atoms with Crippen LogP contribution in [-0.4, -0.2) is 38.2 Å². The number of esters is 1. The Labute approximate surface area is 136 Å². The molecule has 3 rings (SSSR count). The number of carbonyl (C=O) groups excluding carboxylic acids is 1. The fourth-order valence-corrected chi connectivity index (χ4v) is 3.45. The van der Waals surface area contributed by atoms with Gasteiger partial charge in [-0.2, -0.15) is 0 Å². The summed E-state index contributed by atoms with van der Waals surface area (Å²) in [4.78, 5) is 18.9. The molecule has 1 fully saturated rings. The number of pyridine rings is 1. The molecule has 122 valence electrons. The van der Waals surface area contributed by atoms with Crippen LogP contribution in [0, 0.1) is 12.8 Å². The second-order valence-electron chi connectivity index (χ2n) is 6.00. The summed E-state index contributed by atoms with van der Waals surface area (Å²) in [7, 11) is 3.38. The highest BCUT2D eigenvalue weighted by atomic mass is 16.5. The first-order valence-corrected chi connectivity index (χ1v) is 8.05. The van der Waals surface area contributed by atoms with Crippen LogP contribution in [0.15, 0.2) is 24.3 Å². The van der Waals surface area contributed by atoms with E-state index in [0.717, 1.165) is 47.4 Å². The monoisotopic (exact) mass is 313 g/mol. The summed E-state index contributed by atoms with van der Waals surface area (Å²) in [6.07, 6.45) is 1.86. The summed E-state index contributed by atoms with van der Waals surface area (Å²) in [6.45, 7) is 3.61. The second kappa shape index (κ2) is 6.44. The number of aromatic nitrogens is 1. The fourth-order valence-electron chi connectivity index (χ4n) is 3.45. The number of methoxy groups -OCH3 is 1. The van der Waals surface area contributed by atoms with Crippen molar-refractivity contribution < 1.29 is 9.53 Å². The molecular weight excluding hydrogens is 290 g/mol. The van der Waals surface area contributed by atoms with Gasteiger partial charge in [-0.15, -0.1) is 0 Å². The number of nitrogens with one attached hydrogen (secondary N) is 1. The van der Waals surface area contributed by atoms with Crippen LogP contribution < -0.4 is 10.2 Å². The van der Waals surface area contributed by atoms with Gasteiger partial charge < -0.3 is 15.0 Å². The van der Waals surface area contributed by atoms with Crippen LogP contribution in [0.1, 0.15) is 18.5 Å². The maximum Gasteiger partial charge on any atom is 0.310 e. The van der Waals surface area contributed by atoms with Crippen molar-refractivity contribution in [1.29, 1.82) is 0 Å². The number of nitrogens with zero attached hydrogens (tertiary/aromatic N) is 2. The van der Waals surface area contributed by atoms with Gasteiger partial charge in [-0.3, -0.25) is 4.79 Å². The predicted molar refractivity (Wildman–Crippen MR) is 93.0 cm³/mol. The number of piperidine rings is 1. The maximum atomic E-state index is 11.9. The Kier molecular flexibility index (Phi) is 4.37. The van der Waals surface area contributed by atoms with E-state index in [9.17, 15) is 4.79 Å². The third-order valence-corrected chi connectivity index (χ3v) is 4.58. The second-order valence-corrected chi connectivity index (χ2v) is 6.00. The molecule has 1 saturated heterocycles. The molecule has 1 aliphatic heterocycles. The minimum absolute atomic E-state index is 0.0707. The summed E-state index contributed by atoms with van der Waals surface area (Å²) in [6, 6.07) is 8.28. The van der Waals surface area contributed by atoms with Gasteiger partial charge in [0.05, 0.1) is 24.4 Å². The first-order chi connectivity index (χ1) is 11.2. The van der Waals surface area contributed by atoms with Crippen molar-refractivity contribution in [2.75, 3.05) is 37.5 Å². The molecule has 0 aliphatic carbocycles. The zero-order valence-electron chi connectivity index (χ0n) is 13.9. The van der Waals surface area contributed by atoms with Gasteiger partial charge in [-0.1, -0.05) is 24.3 Å². The normalized spacial score (nSPS) is 18.0. The van der Waals surface area contributed by atoms with Gasteiger partial charge in [0.15, 0.2) is 0 Å². The minimum atomic E-state index is -0.123. The van der Waals surface area contributed by atoms with E-state index in [1.165, 1.54) is 7.11 Å². The van der Waals surface area contributed by atoms with Gasteiger partial charge in [-0.05, 0) is 19.8 Å². The Bertz CT molecular complexity index is 730. The van der Waals surface area contributed by atoms with Gasteiger partial charge in [0.25, 0.3) is 0 Å². The van der Waals surface area contributed by atoms with Gasteiger partial charge >= 0.3 is 5.97 Å². The lowest BCUT2D eigenvalue weighted by Gasteiger charge is -2.33. The Hall–Kier alpha value is -2.30. The number of benzene rings is 1. The van der Waals surface area contributed by atoms with Gasteiger partial charge in [0.2, 0.25) is 0 Å². The number of rotatable bonds is 3. The van der Waals surface area contributed by atoms with E-state index in [1.807, 2.05) is 26.1 Å². The van der Waals surface area contributed by atoms with E-state index in [4.69, 9.17) is 9.72 Å². The molecule has 2 aromatic rings. The molecule has 23 heavy (non-hydrogen) atoms. The summed E-state index contributed by atoms with van der Waals surface area (Å²) in [5.74, 6) is 0.770. The lowest BCUT2D eigenvalue weighted by Crippen LogP contribution is -2.39. The van der Waals surface area contributed by atoms with Gasteiger partial charge in [0.1, 0.15) is 5.82 Å². The molecule has 2 heterocycles. The third kappa shape index (κ3) is 2.83. The molecule has 1 aromatic heterocycles. The third-order valence-electron chi connectivity index (χ3n) is 4.58. The average molecular weight is 313 g/mol. The smallest absolute Gasteiger partial charge is 0.310 e. The molecule has 0 amide bonds. The van der Waals surface area contributed by atoms with Crippen LogP contribution in [0.2, 0.25) is 0 Å². The highest BCUT2D eigenvalue weighted by Crippen LogP contribution is 2.34. The topological polar surface area (TPSA) is 54.5 Å². The van der Waals surface area contributed by atoms with E-state index in [1.54, 1.807) is 0 Å². The van der Waals surface area contributed by atoms with Crippen molar-refractivity contribution in [3.05, 3.63) is 30.0 Å². The van der Waals surface area contributed by atoms with Crippen LogP contribution in [0.4, 0.5) is 11.5 Å². The molecule has 0 saturated carbocycles. The number of carbonyl (C=O) groups is 1. The molecule has 1 unspecified atom stereocenters. The van der Waals surface area contributed by atoms with Crippen LogP contribution in [-0.2, 0) is 9.53 Å². The first kappa shape index (κ1) is 15.6. The summed E-state index contributed by atoms with van der Waals surface area (Å²) in [5.41, 5.74) is 2.03. The molecule has 0 radical (unpaired) electrons. The van der Waals surface area contributed by atoms with Crippen molar-refractivity contribution >= 4 is 28.2 Å². The van der Waals surface area contributed by atoms with Crippen molar-refractivity contribution in [2.45, 2.75) is 19.8 Å². The molecule has 1 aromatic carbocycles. The highest BCUT2D eigenvalue weighted by Gasteiger charge is 2.28. The number of hydrogen-bond acceptors (Lipinski definition) is 5. The molecular formula is C18H23N3O2. The van der Waals surface area contributed by atoms with Crippen molar-refractivity contribution in [1.82, 2.24) is 4.98 Å². The molecule has 1 atom stereocenters. The van der Waals surface area contributed by atoms with Gasteiger partial charge in [-0.25, -0.2) is 4.98 Å². The molecule has 0 spiro atoms. The quantitative estimate of drug-likeness (QED) is 0.883. The molecule has 1 aliphatic rings. The Morgan fingerprint density at radius 2 is 2.09 bits per heavy atom. The molecule has 5 heteroatoms. The summed E-state index contributed by atoms with van der Waals surface area (Å²) < 4.78 is 4.93. The van der Waals surface area contributed by atoms with Crippen molar-refractivity contribution in [3.8, 4) is 0 Å². The Morgan fingerprint density at radius 3 is 2.78 bits per heavy atom. The molecule has 0 bridgehead atoms. The van der Waals surface area contributed by atoms with E-state index in [2.05, 4.69) is 22.3 Å². The van der Waals surface area contributed by atoms with E-state index >= 15 is 0 Å². The van der Waals surface area contributed by atoms with E-state index in [0.29, 0.717) is 6.54 Å². The Morgan fingerprint density at radius 1 is 1.35 bits per heavy atom. The maximum absolute atomic E-state index is 11.9. The van der Waals surface area contributed by atoms with Crippen molar-refractivity contribution in [2.24, 2.45) is 5.92 Å². The lowest BCUT2D eigenvalue weighted by molar-refractivity contribution is -0.145. The molecule has 1 N–H and O–H groups in total. The lowest BCUT2D eigenvalue weighted by atomic mass is 9.97. The highest BCUT2D eigenvalue weighted by molar-refractivity contribution is 6.01. The SMILES string of the molecule is CNc1c(C)nc(N2CCCC(C(=O)OC)C2)c2ccccc12. The number of hydrogen-bond donors (Lipinski definition) is 1.